The first-order valence-electron chi connectivity index (χ1n) is 5.53. The summed E-state index contributed by atoms with van der Waals surface area (Å²) < 4.78 is 22.4. The number of nitrogens with zero attached hydrogens (tertiary/aromatic N) is 1. The summed E-state index contributed by atoms with van der Waals surface area (Å²) >= 11 is 0. The summed E-state index contributed by atoms with van der Waals surface area (Å²) in [5, 5.41) is 8.48. The second kappa shape index (κ2) is 4.89. The lowest BCUT2D eigenvalue weighted by Crippen LogP contribution is -2.41. The third kappa shape index (κ3) is 3.16. The van der Waals surface area contributed by atoms with E-state index < -0.39 is 15.7 Å². The summed E-state index contributed by atoms with van der Waals surface area (Å²) in [5.41, 5.74) is -0.265. The van der Waals surface area contributed by atoms with Gasteiger partial charge in [-0.05, 0) is 18.9 Å². The first-order valence-corrected chi connectivity index (χ1v) is 7.35. The minimum atomic E-state index is -2.94. The molecule has 0 saturated carbocycles. The summed E-state index contributed by atoms with van der Waals surface area (Å²) in [6.07, 6.45) is 0.828. The van der Waals surface area contributed by atoms with Gasteiger partial charge in [0.25, 0.3) is 11.5 Å². The molecule has 0 aliphatic carbocycles. The zero-order valence-corrected chi connectivity index (χ0v) is 10.4. The molecular formula is C10H13N3O4S. The number of amides is 1. The fourth-order valence-electron chi connectivity index (χ4n) is 1.76. The van der Waals surface area contributed by atoms with E-state index in [1.165, 1.54) is 12.1 Å². The largest absolute Gasteiger partial charge is 0.348 e. The summed E-state index contributed by atoms with van der Waals surface area (Å²) in [7, 11) is -2.94. The molecule has 0 unspecified atom stereocenters. The first-order chi connectivity index (χ1) is 8.46. The van der Waals surface area contributed by atoms with Gasteiger partial charge in [0.1, 0.15) is 15.5 Å². The molecule has 0 aromatic carbocycles. The third-order valence-corrected chi connectivity index (χ3v) is 4.52. The molecular weight excluding hydrogens is 258 g/mol. The minimum absolute atomic E-state index is 0.0942. The number of H-pyrrole nitrogens is 1. The van der Waals surface area contributed by atoms with Gasteiger partial charge in [0.05, 0.1) is 11.5 Å². The summed E-state index contributed by atoms with van der Waals surface area (Å²) in [5.74, 6) is -0.218. The Bertz CT molecular complexity index is 573. The van der Waals surface area contributed by atoms with Crippen molar-refractivity contribution in [1.29, 1.82) is 0 Å². The average Bonchev–Trinajstić information content (AvgIpc) is 2.33. The van der Waals surface area contributed by atoms with Gasteiger partial charge in [0, 0.05) is 12.1 Å². The van der Waals surface area contributed by atoms with Crippen LogP contribution in [0.25, 0.3) is 0 Å². The highest BCUT2D eigenvalue weighted by atomic mass is 32.2. The molecule has 1 saturated heterocycles. The van der Waals surface area contributed by atoms with Crippen molar-refractivity contribution < 1.29 is 13.2 Å². The number of sulfone groups is 1. The number of rotatable bonds is 2. The molecule has 0 atom stereocenters. The van der Waals surface area contributed by atoms with E-state index in [1.807, 2.05) is 0 Å². The van der Waals surface area contributed by atoms with Crippen LogP contribution in [-0.2, 0) is 9.84 Å². The molecule has 8 heteroatoms. The minimum Gasteiger partial charge on any atom is -0.348 e. The molecule has 7 nitrogen and oxygen atoms in total. The lowest BCUT2D eigenvalue weighted by Gasteiger charge is -2.22. The number of aromatic nitrogens is 2. The van der Waals surface area contributed by atoms with E-state index in [0.29, 0.717) is 12.8 Å². The molecule has 2 N–H and O–H groups in total. The van der Waals surface area contributed by atoms with Gasteiger partial charge in [-0.15, -0.1) is 0 Å². The SMILES string of the molecule is O=C(NC1CCS(=O)(=O)CC1)c1ccc(=O)[nH]n1. The van der Waals surface area contributed by atoms with Gasteiger partial charge in [-0.1, -0.05) is 0 Å². The number of hydrogen-bond acceptors (Lipinski definition) is 5. The van der Waals surface area contributed by atoms with E-state index in [2.05, 4.69) is 15.5 Å². The van der Waals surface area contributed by atoms with Crippen LogP contribution in [0.15, 0.2) is 16.9 Å². The average molecular weight is 271 g/mol. The van der Waals surface area contributed by atoms with Gasteiger partial charge in [-0.3, -0.25) is 9.59 Å². The molecule has 1 aromatic heterocycles. The Hall–Kier alpha value is -1.70. The van der Waals surface area contributed by atoms with Crippen LogP contribution in [0.4, 0.5) is 0 Å². The molecule has 1 amide bonds. The van der Waals surface area contributed by atoms with Crippen LogP contribution >= 0.6 is 0 Å². The van der Waals surface area contributed by atoms with Gasteiger partial charge in [-0.2, -0.15) is 5.10 Å². The van der Waals surface area contributed by atoms with Gasteiger partial charge in [0.15, 0.2) is 0 Å². The molecule has 1 fully saturated rings. The van der Waals surface area contributed by atoms with Crippen molar-refractivity contribution in [2.75, 3.05) is 11.5 Å². The maximum Gasteiger partial charge on any atom is 0.271 e. The highest BCUT2D eigenvalue weighted by Gasteiger charge is 2.25. The van der Waals surface area contributed by atoms with Crippen LogP contribution in [0.5, 0.6) is 0 Å². The highest BCUT2D eigenvalue weighted by molar-refractivity contribution is 7.91. The standard InChI is InChI=1S/C10H13N3O4S/c14-9-2-1-8(12-13-9)10(15)11-7-3-5-18(16,17)6-4-7/h1-2,7H,3-6H2,(H,11,15)(H,13,14). The second-order valence-corrected chi connectivity index (χ2v) is 6.51. The van der Waals surface area contributed by atoms with Crippen molar-refractivity contribution in [2.45, 2.75) is 18.9 Å². The number of carbonyl (C=O) groups is 1. The van der Waals surface area contributed by atoms with Gasteiger partial charge in [0.2, 0.25) is 0 Å². The van der Waals surface area contributed by atoms with E-state index in [-0.39, 0.29) is 28.8 Å². The van der Waals surface area contributed by atoms with Crippen molar-refractivity contribution in [3.63, 3.8) is 0 Å². The molecule has 1 aliphatic rings. The van der Waals surface area contributed by atoms with Crippen molar-refractivity contribution in [2.24, 2.45) is 0 Å². The monoisotopic (exact) mass is 271 g/mol. The van der Waals surface area contributed by atoms with Crippen molar-refractivity contribution in [3.05, 3.63) is 28.2 Å². The van der Waals surface area contributed by atoms with Crippen LogP contribution in [0.3, 0.4) is 0 Å². The summed E-state index contributed by atoms with van der Waals surface area (Å²) in [4.78, 5) is 22.5. The zero-order chi connectivity index (χ0) is 13.2. The van der Waals surface area contributed by atoms with E-state index in [4.69, 9.17) is 0 Å². The van der Waals surface area contributed by atoms with E-state index >= 15 is 0 Å². The molecule has 1 aliphatic heterocycles. The summed E-state index contributed by atoms with van der Waals surface area (Å²) in [6, 6.07) is 2.39. The van der Waals surface area contributed by atoms with Crippen LogP contribution in [0.2, 0.25) is 0 Å². The second-order valence-electron chi connectivity index (χ2n) is 4.21. The maximum absolute atomic E-state index is 11.7. The third-order valence-electron chi connectivity index (χ3n) is 2.80. The van der Waals surface area contributed by atoms with Crippen molar-refractivity contribution >= 4 is 15.7 Å². The van der Waals surface area contributed by atoms with E-state index in [1.54, 1.807) is 0 Å². The Morgan fingerprint density at radius 3 is 2.56 bits per heavy atom. The molecule has 0 spiro atoms. The van der Waals surface area contributed by atoms with E-state index in [9.17, 15) is 18.0 Å². The predicted octanol–water partition coefficient (Wildman–Crippen LogP) is -0.923. The fourth-order valence-corrected chi connectivity index (χ4v) is 3.26. The topological polar surface area (TPSA) is 109 Å². The number of carbonyl (C=O) groups excluding carboxylic acids is 1. The number of nitrogens with one attached hydrogen (secondary N) is 2. The molecule has 18 heavy (non-hydrogen) atoms. The smallest absolute Gasteiger partial charge is 0.271 e. The zero-order valence-electron chi connectivity index (χ0n) is 9.55. The fraction of sp³-hybridized carbons (Fsp3) is 0.500. The Balaban J connectivity index is 1.96. The lowest BCUT2D eigenvalue weighted by molar-refractivity contribution is 0.0928. The Morgan fingerprint density at radius 2 is 2.00 bits per heavy atom. The van der Waals surface area contributed by atoms with E-state index in [0.717, 1.165) is 0 Å². The normalized spacial score (nSPS) is 19.3. The maximum atomic E-state index is 11.7. The lowest BCUT2D eigenvalue weighted by atomic mass is 10.1. The van der Waals surface area contributed by atoms with Gasteiger partial charge >= 0.3 is 0 Å². The molecule has 0 radical (unpaired) electrons. The molecule has 2 rings (SSSR count). The quantitative estimate of drug-likeness (QED) is 0.722. The predicted molar refractivity (Wildman–Crippen MR) is 64.0 cm³/mol. The summed E-state index contributed by atoms with van der Waals surface area (Å²) in [6.45, 7) is 0. The molecule has 0 bridgehead atoms. The molecule has 2 heterocycles. The van der Waals surface area contributed by atoms with Gasteiger partial charge in [-0.25, -0.2) is 13.5 Å². The van der Waals surface area contributed by atoms with Crippen molar-refractivity contribution in [3.8, 4) is 0 Å². The Labute approximate surface area is 104 Å². The van der Waals surface area contributed by atoms with Crippen molar-refractivity contribution in [1.82, 2.24) is 15.5 Å². The first kappa shape index (κ1) is 12.7. The number of hydrogen-bond donors (Lipinski definition) is 2. The Morgan fingerprint density at radius 1 is 1.33 bits per heavy atom. The molecule has 1 aromatic rings. The number of aromatic amines is 1. The van der Waals surface area contributed by atoms with Crippen LogP contribution in [0, 0.1) is 0 Å². The van der Waals surface area contributed by atoms with Crippen LogP contribution < -0.4 is 10.9 Å². The van der Waals surface area contributed by atoms with Crippen LogP contribution in [0.1, 0.15) is 23.3 Å². The molecule has 98 valence electrons. The highest BCUT2D eigenvalue weighted by Crippen LogP contribution is 2.12. The Kier molecular flexibility index (Phi) is 3.46. The van der Waals surface area contributed by atoms with Gasteiger partial charge < -0.3 is 5.32 Å². The van der Waals surface area contributed by atoms with Crippen LogP contribution in [-0.4, -0.2) is 42.1 Å².